The molecule has 2 aliphatic carbocycles. The molecule has 2 unspecified atom stereocenters. The Morgan fingerprint density at radius 2 is 1.21 bits per heavy atom. The summed E-state index contributed by atoms with van der Waals surface area (Å²) in [6, 6.07) is 57.8. The van der Waals surface area contributed by atoms with Crippen molar-refractivity contribution in [2.45, 2.75) is 24.9 Å². The largest absolute Gasteiger partial charge is 0.441 e. The first-order chi connectivity index (χ1) is 28.6. The third-order valence-electron chi connectivity index (χ3n) is 12.3. The Hall–Kier alpha value is -7.51. The van der Waals surface area contributed by atoms with Crippen molar-refractivity contribution in [1.82, 2.24) is 15.0 Å². The van der Waals surface area contributed by atoms with Crippen molar-refractivity contribution < 1.29 is 4.42 Å². The molecule has 0 bridgehead atoms. The van der Waals surface area contributed by atoms with Gasteiger partial charge in [0.05, 0.1) is 16.8 Å². The Kier molecular flexibility index (Phi) is 6.90. The minimum Gasteiger partial charge on any atom is -0.441 e. The number of nitrogens with two attached hydrogens (primary N) is 1. The molecule has 0 saturated heterocycles. The van der Waals surface area contributed by atoms with Gasteiger partial charge < -0.3 is 20.4 Å². The molecule has 0 amide bonds. The number of para-hydroxylation sites is 2. The molecular weight excluding hydrogens is 713 g/mol. The second-order valence-corrected chi connectivity index (χ2v) is 15.3. The lowest BCUT2D eigenvalue weighted by molar-refractivity contribution is 0.637. The second-order valence-electron chi connectivity index (χ2n) is 15.3. The highest BCUT2D eigenvalue weighted by atomic mass is 16.3. The van der Waals surface area contributed by atoms with Crippen LogP contribution in [0.4, 0.5) is 22.9 Å². The summed E-state index contributed by atoms with van der Waals surface area (Å²) in [5.74, 6) is 2.25. The fourth-order valence-corrected chi connectivity index (χ4v) is 9.86. The number of benzene rings is 7. The number of aromatic nitrogens is 3. The number of hydrogen-bond acceptors (Lipinski definition) is 7. The first-order valence-corrected chi connectivity index (χ1v) is 19.8. The maximum Gasteiger partial charge on any atom is 0.191 e. The highest BCUT2D eigenvalue weighted by Gasteiger charge is 2.52. The average Bonchev–Trinajstić information content (AvgIpc) is 4.02. The summed E-state index contributed by atoms with van der Waals surface area (Å²) < 4.78 is 6.10. The molecule has 7 heteroatoms. The van der Waals surface area contributed by atoms with Crippen molar-refractivity contribution in [3.8, 4) is 56.4 Å². The molecule has 2 aromatic heterocycles. The Labute approximate surface area is 335 Å². The topological polar surface area (TPSA) is 93.1 Å². The van der Waals surface area contributed by atoms with E-state index in [9.17, 15) is 0 Å². The van der Waals surface area contributed by atoms with Crippen LogP contribution in [0.2, 0.25) is 0 Å². The quantitative estimate of drug-likeness (QED) is 0.181. The third-order valence-corrected chi connectivity index (χ3v) is 12.3. The normalized spacial score (nSPS) is 16.8. The Bertz CT molecular complexity index is 3060. The number of nitrogens with zero attached hydrogens (tertiary/aromatic N) is 4. The lowest BCUT2D eigenvalue weighted by Gasteiger charge is -2.31. The van der Waals surface area contributed by atoms with Crippen LogP contribution in [-0.2, 0) is 5.41 Å². The van der Waals surface area contributed by atoms with Crippen LogP contribution < -0.4 is 16.0 Å². The minimum absolute atomic E-state index is 0.160. The van der Waals surface area contributed by atoms with E-state index in [2.05, 4.69) is 114 Å². The lowest BCUT2D eigenvalue weighted by atomic mass is 9.70. The Morgan fingerprint density at radius 1 is 0.586 bits per heavy atom. The van der Waals surface area contributed by atoms with Crippen molar-refractivity contribution in [2.24, 2.45) is 0 Å². The predicted molar refractivity (Wildman–Crippen MR) is 233 cm³/mol. The van der Waals surface area contributed by atoms with E-state index >= 15 is 0 Å². The molecule has 3 heterocycles. The highest BCUT2D eigenvalue weighted by Crippen LogP contribution is 2.64. The fraction of sp³-hybridized carbons (Fsp3) is 0.0784. The lowest BCUT2D eigenvalue weighted by Crippen LogP contribution is -2.31. The van der Waals surface area contributed by atoms with Gasteiger partial charge in [-0.05, 0) is 87.3 Å². The summed E-state index contributed by atoms with van der Waals surface area (Å²) >= 11 is 0. The Morgan fingerprint density at radius 3 is 1.97 bits per heavy atom. The van der Waals surface area contributed by atoms with Crippen LogP contribution in [-0.4, -0.2) is 21.1 Å². The molecule has 7 aromatic carbocycles. The van der Waals surface area contributed by atoms with E-state index in [0.717, 1.165) is 50.9 Å². The molecule has 3 aliphatic rings. The number of rotatable bonds is 5. The first kappa shape index (κ1) is 32.7. The van der Waals surface area contributed by atoms with Crippen LogP contribution >= 0.6 is 0 Å². The third kappa shape index (κ3) is 4.52. The molecular formula is C51H36N6O. The monoisotopic (exact) mass is 748 g/mol. The van der Waals surface area contributed by atoms with Crippen LogP contribution in [0, 0.1) is 0 Å². The summed E-state index contributed by atoms with van der Waals surface area (Å²) in [6.07, 6.45) is 1.12. The number of nitrogens with one attached hydrogen (secondary N) is 1. The van der Waals surface area contributed by atoms with Gasteiger partial charge in [0, 0.05) is 33.8 Å². The summed E-state index contributed by atoms with van der Waals surface area (Å²) in [6.45, 7) is 2.24. The Balaban J connectivity index is 1.10. The van der Waals surface area contributed by atoms with Crippen molar-refractivity contribution in [1.29, 1.82) is 0 Å². The van der Waals surface area contributed by atoms with Gasteiger partial charge in [0.15, 0.2) is 23.4 Å². The van der Waals surface area contributed by atoms with E-state index in [1.165, 1.54) is 44.8 Å². The van der Waals surface area contributed by atoms with E-state index in [1.54, 1.807) is 0 Å². The van der Waals surface area contributed by atoms with Crippen LogP contribution in [0.25, 0.3) is 67.4 Å². The van der Waals surface area contributed by atoms with Crippen LogP contribution in [0.15, 0.2) is 168 Å². The summed E-state index contributed by atoms with van der Waals surface area (Å²) in [7, 11) is 0. The van der Waals surface area contributed by atoms with Crippen molar-refractivity contribution >= 4 is 33.9 Å². The predicted octanol–water partition coefficient (Wildman–Crippen LogP) is 11.8. The van der Waals surface area contributed by atoms with Gasteiger partial charge in [-0.2, -0.15) is 0 Å². The van der Waals surface area contributed by atoms with Crippen LogP contribution in [0.3, 0.4) is 0 Å². The minimum atomic E-state index is -0.581. The van der Waals surface area contributed by atoms with Gasteiger partial charge in [0.25, 0.3) is 0 Å². The van der Waals surface area contributed by atoms with Gasteiger partial charge in [-0.25, -0.2) is 15.0 Å². The fourth-order valence-electron chi connectivity index (χ4n) is 9.86. The maximum absolute atomic E-state index is 6.40. The zero-order valence-corrected chi connectivity index (χ0v) is 31.6. The van der Waals surface area contributed by atoms with Gasteiger partial charge in [0.1, 0.15) is 11.7 Å². The molecule has 12 rings (SSSR count). The van der Waals surface area contributed by atoms with Crippen LogP contribution in [0.1, 0.15) is 35.6 Å². The molecule has 276 valence electrons. The van der Waals surface area contributed by atoms with Gasteiger partial charge in [-0.15, -0.1) is 0 Å². The first-order valence-electron chi connectivity index (χ1n) is 19.8. The van der Waals surface area contributed by atoms with Gasteiger partial charge in [0.2, 0.25) is 0 Å². The summed E-state index contributed by atoms with van der Waals surface area (Å²) in [5, 5.41) is 4.74. The summed E-state index contributed by atoms with van der Waals surface area (Å²) in [5.41, 5.74) is 22.5. The van der Waals surface area contributed by atoms with E-state index in [4.69, 9.17) is 25.1 Å². The maximum atomic E-state index is 6.40. The molecule has 0 saturated carbocycles. The molecule has 3 N–H and O–H groups in total. The zero-order chi connectivity index (χ0) is 38.5. The number of furan rings is 1. The standard InChI is InChI=1S/C51H36N6O/c1-2-46-53-42-19-11-12-20-43(42)57(46)33-22-24-39-35(28-33)34-17-9-10-18-38(34)51(39)40-23-21-32(27-36(40)47-37-29-45(52)58-44(37)26-25-41(47)51)50-55-48(30-13-5-3-6-14-30)54-49(56-50)31-15-7-4-8-16-31/h3-29,46,53H,2,52H2,1H3. The van der Waals surface area contributed by atoms with Gasteiger partial charge >= 0.3 is 0 Å². The number of anilines is 4. The van der Waals surface area contributed by atoms with Crippen LogP contribution in [0.5, 0.6) is 0 Å². The number of hydrogen-bond donors (Lipinski definition) is 2. The molecule has 58 heavy (non-hydrogen) atoms. The van der Waals surface area contributed by atoms with E-state index in [0.29, 0.717) is 23.4 Å². The number of nitrogen functional groups attached to an aromatic ring is 1. The summed E-state index contributed by atoms with van der Waals surface area (Å²) in [4.78, 5) is 17.6. The molecule has 1 aliphatic heterocycles. The smallest absolute Gasteiger partial charge is 0.191 e. The average molecular weight is 749 g/mol. The zero-order valence-electron chi connectivity index (χ0n) is 31.6. The number of fused-ring (bicyclic) bond motifs is 13. The van der Waals surface area contributed by atoms with E-state index in [1.807, 2.05) is 66.7 Å². The second kappa shape index (κ2) is 12.2. The molecule has 2 atom stereocenters. The molecule has 1 spiro atoms. The highest BCUT2D eigenvalue weighted by molar-refractivity contribution is 6.06. The van der Waals surface area contributed by atoms with Crippen molar-refractivity contribution in [3.05, 3.63) is 186 Å². The molecule has 9 aromatic rings. The van der Waals surface area contributed by atoms with Gasteiger partial charge in [-0.1, -0.05) is 128 Å². The SMILES string of the molecule is CCC1Nc2ccccc2N1c1ccc2c(c1)-c1ccccc1C21c2ccc(-c3nc(-c4ccccc4)nc(-c4ccccc4)n3)cc2-c2c1ccc1oc(N)cc21. The van der Waals surface area contributed by atoms with E-state index < -0.39 is 5.41 Å². The molecule has 7 nitrogen and oxygen atoms in total. The molecule has 0 fully saturated rings. The van der Waals surface area contributed by atoms with Gasteiger partial charge in [-0.3, -0.25) is 0 Å². The van der Waals surface area contributed by atoms with Crippen molar-refractivity contribution in [2.75, 3.05) is 16.0 Å². The van der Waals surface area contributed by atoms with E-state index in [-0.39, 0.29) is 6.17 Å². The molecule has 0 radical (unpaired) electrons. The van der Waals surface area contributed by atoms with Crippen molar-refractivity contribution in [3.63, 3.8) is 0 Å².